The van der Waals surface area contributed by atoms with Gasteiger partial charge in [0.15, 0.2) is 0 Å². The lowest BCUT2D eigenvalue weighted by Gasteiger charge is -2.42. The fourth-order valence-electron chi connectivity index (χ4n) is 1.90. The highest BCUT2D eigenvalue weighted by Crippen LogP contribution is 2.34. The van der Waals surface area contributed by atoms with Crippen molar-refractivity contribution in [3.05, 3.63) is 0 Å². The topological polar surface area (TPSA) is 12.0 Å². The van der Waals surface area contributed by atoms with Crippen molar-refractivity contribution in [1.29, 1.82) is 0 Å². The van der Waals surface area contributed by atoms with E-state index in [1.54, 1.807) is 0 Å². The minimum absolute atomic E-state index is 0.172. The first-order valence-electron chi connectivity index (χ1n) is 5.29. The molecule has 0 unspecified atom stereocenters. The van der Waals surface area contributed by atoms with Gasteiger partial charge >= 0.3 is 6.18 Å². The zero-order valence-electron chi connectivity index (χ0n) is 8.58. The fourth-order valence-corrected chi connectivity index (χ4v) is 1.90. The molecule has 84 valence electrons. The molecule has 0 heterocycles. The van der Waals surface area contributed by atoms with Crippen molar-refractivity contribution in [3.63, 3.8) is 0 Å². The van der Waals surface area contributed by atoms with Gasteiger partial charge in [0.25, 0.3) is 0 Å². The van der Waals surface area contributed by atoms with E-state index in [1.165, 1.54) is 6.42 Å². The summed E-state index contributed by atoms with van der Waals surface area (Å²) in [4.78, 5) is 0. The first-order valence-corrected chi connectivity index (χ1v) is 5.29. The van der Waals surface area contributed by atoms with Crippen LogP contribution < -0.4 is 5.32 Å². The Kier molecular flexibility index (Phi) is 3.81. The molecule has 1 saturated carbocycles. The maximum atomic E-state index is 11.8. The highest BCUT2D eigenvalue weighted by atomic mass is 19.4. The highest BCUT2D eigenvalue weighted by molar-refractivity contribution is 4.94. The Balaban J connectivity index is 2.09. The molecule has 0 radical (unpaired) electrons. The molecule has 0 saturated heterocycles. The van der Waals surface area contributed by atoms with Gasteiger partial charge in [0.2, 0.25) is 0 Å². The second-order valence-electron chi connectivity index (χ2n) is 4.13. The minimum Gasteiger partial charge on any atom is -0.311 e. The molecule has 1 nitrogen and oxygen atoms in total. The molecule has 0 aromatic rings. The molecular weight excluding hydrogens is 191 g/mol. The van der Waals surface area contributed by atoms with Crippen LogP contribution in [-0.2, 0) is 0 Å². The molecule has 4 heteroatoms. The molecule has 1 aliphatic rings. The Labute approximate surface area is 83.1 Å². The smallest absolute Gasteiger partial charge is 0.311 e. The molecule has 0 aromatic carbocycles. The van der Waals surface area contributed by atoms with Crippen LogP contribution in [0.4, 0.5) is 13.2 Å². The van der Waals surface area contributed by atoms with Crippen molar-refractivity contribution >= 4 is 0 Å². The summed E-state index contributed by atoms with van der Waals surface area (Å²) in [6.07, 6.45) is 0.00980. The second-order valence-corrected chi connectivity index (χ2v) is 4.13. The van der Waals surface area contributed by atoms with Gasteiger partial charge in [0.1, 0.15) is 0 Å². The van der Waals surface area contributed by atoms with Crippen molar-refractivity contribution < 1.29 is 13.2 Å². The summed E-state index contributed by atoms with van der Waals surface area (Å²) in [6.45, 7) is 2.59. The van der Waals surface area contributed by atoms with E-state index in [-0.39, 0.29) is 12.0 Å². The summed E-state index contributed by atoms with van der Waals surface area (Å²) in [5, 5.41) is 3.25. The van der Waals surface area contributed by atoms with Crippen LogP contribution in [0.1, 0.15) is 45.4 Å². The highest BCUT2D eigenvalue weighted by Gasteiger charge is 2.34. The van der Waals surface area contributed by atoms with Gasteiger partial charge in [0.05, 0.1) is 0 Å². The third kappa shape index (κ3) is 3.48. The van der Waals surface area contributed by atoms with Crippen LogP contribution in [0.25, 0.3) is 0 Å². The maximum absolute atomic E-state index is 11.8. The van der Waals surface area contributed by atoms with Crippen molar-refractivity contribution in [1.82, 2.24) is 5.32 Å². The Hall–Kier alpha value is -0.250. The Morgan fingerprint density at radius 1 is 1.29 bits per heavy atom. The zero-order chi connectivity index (χ0) is 10.7. The van der Waals surface area contributed by atoms with Crippen LogP contribution in [0.15, 0.2) is 0 Å². The van der Waals surface area contributed by atoms with Gasteiger partial charge < -0.3 is 5.32 Å². The number of alkyl halides is 3. The third-order valence-electron chi connectivity index (χ3n) is 3.12. The molecule has 0 spiro atoms. The summed E-state index contributed by atoms with van der Waals surface area (Å²) in [7, 11) is 0. The summed E-state index contributed by atoms with van der Waals surface area (Å²) >= 11 is 0. The molecule has 0 aromatic heterocycles. The van der Waals surface area contributed by atoms with Gasteiger partial charge in [-0.15, -0.1) is 0 Å². The molecule has 1 fully saturated rings. The largest absolute Gasteiger partial charge is 0.389 e. The average Bonchev–Trinajstić information content (AvgIpc) is 2.00. The van der Waals surface area contributed by atoms with Gasteiger partial charge in [-0.3, -0.25) is 0 Å². The van der Waals surface area contributed by atoms with Crippen molar-refractivity contribution in [3.8, 4) is 0 Å². The third-order valence-corrected chi connectivity index (χ3v) is 3.12. The van der Waals surface area contributed by atoms with Gasteiger partial charge in [-0.2, -0.15) is 13.2 Å². The molecule has 0 aliphatic heterocycles. The van der Waals surface area contributed by atoms with E-state index in [2.05, 4.69) is 12.2 Å². The van der Waals surface area contributed by atoms with Gasteiger partial charge in [-0.1, -0.05) is 6.92 Å². The summed E-state index contributed by atoms with van der Waals surface area (Å²) < 4.78 is 35.5. The lowest BCUT2D eigenvalue weighted by Crippen LogP contribution is -2.50. The van der Waals surface area contributed by atoms with Gasteiger partial charge in [-0.05, 0) is 38.6 Å². The number of halogens is 3. The standard InChI is InChI=1S/C10H18F3N/c1-2-9(5-3-6-9)14-8-4-7-10(11,12)13/h14H,2-8H2,1H3. The monoisotopic (exact) mass is 209 g/mol. The molecule has 1 aliphatic carbocycles. The Bertz CT molecular complexity index is 167. The van der Waals surface area contributed by atoms with E-state index in [0.29, 0.717) is 6.54 Å². The SMILES string of the molecule is CCC1(NCCCC(F)(F)F)CCC1. The van der Waals surface area contributed by atoms with Crippen LogP contribution in [-0.4, -0.2) is 18.3 Å². The van der Waals surface area contributed by atoms with Gasteiger partial charge in [-0.25, -0.2) is 0 Å². The van der Waals surface area contributed by atoms with Gasteiger partial charge in [0, 0.05) is 12.0 Å². The van der Waals surface area contributed by atoms with Crippen LogP contribution in [0.2, 0.25) is 0 Å². The van der Waals surface area contributed by atoms with E-state index in [0.717, 1.165) is 19.3 Å². The lowest BCUT2D eigenvalue weighted by molar-refractivity contribution is -0.135. The molecule has 1 N–H and O–H groups in total. The summed E-state index contributed by atoms with van der Waals surface area (Å²) in [5.74, 6) is 0. The average molecular weight is 209 g/mol. The molecule has 14 heavy (non-hydrogen) atoms. The Morgan fingerprint density at radius 3 is 2.29 bits per heavy atom. The second kappa shape index (κ2) is 4.51. The van der Waals surface area contributed by atoms with Crippen molar-refractivity contribution in [2.24, 2.45) is 0 Å². The van der Waals surface area contributed by atoms with E-state index < -0.39 is 12.6 Å². The predicted molar refractivity (Wildman–Crippen MR) is 50.2 cm³/mol. The Morgan fingerprint density at radius 2 is 1.93 bits per heavy atom. The van der Waals surface area contributed by atoms with Crippen molar-refractivity contribution in [2.75, 3.05) is 6.54 Å². The summed E-state index contributed by atoms with van der Waals surface area (Å²) in [5.41, 5.74) is 0.172. The number of nitrogens with one attached hydrogen (secondary N) is 1. The number of rotatable bonds is 5. The number of hydrogen-bond donors (Lipinski definition) is 1. The maximum Gasteiger partial charge on any atom is 0.389 e. The molecule has 0 bridgehead atoms. The minimum atomic E-state index is -4.00. The quantitative estimate of drug-likeness (QED) is 0.685. The normalized spacial score (nSPS) is 20.6. The predicted octanol–water partition coefficient (Wildman–Crippen LogP) is 3.25. The lowest BCUT2D eigenvalue weighted by atomic mass is 9.75. The molecule has 1 rings (SSSR count). The zero-order valence-corrected chi connectivity index (χ0v) is 8.58. The van der Waals surface area contributed by atoms with Crippen LogP contribution in [0.5, 0.6) is 0 Å². The van der Waals surface area contributed by atoms with Crippen molar-refractivity contribution in [2.45, 2.75) is 57.2 Å². The van der Waals surface area contributed by atoms with E-state index in [4.69, 9.17) is 0 Å². The summed E-state index contributed by atoms with van der Waals surface area (Å²) in [6, 6.07) is 0. The van der Waals surface area contributed by atoms with E-state index >= 15 is 0 Å². The molecular formula is C10H18F3N. The van der Waals surface area contributed by atoms with E-state index in [9.17, 15) is 13.2 Å². The first-order chi connectivity index (χ1) is 6.47. The molecule has 0 amide bonds. The van der Waals surface area contributed by atoms with Crippen LogP contribution in [0, 0.1) is 0 Å². The molecule has 0 atom stereocenters. The first kappa shape index (κ1) is 11.8. The van der Waals surface area contributed by atoms with Crippen LogP contribution >= 0.6 is 0 Å². The number of hydrogen-bond acceptors (Lipinski definition) is 1. The van der Waals surface area contributed by atoms with E-state index in [1.807, 2.05) is 0 Å². The fraction of sp³-hybridized carbons (Fsp3) is 1.00. The van der Waals surface area contributed by atoms with Crippen LogP contribution in [0.3, 0.4) is 0 Å².